The van der Waals surface area contributed by atoms with Crippen LogP contribution in [0.5, 0.6) is 0 Å². The van der Waals surface area contributed by atoms with E-state index in [1.165, 1.54) is 11.1 Å². The lowest BCUT2D eigenvalue weighted by Gasteiger charge is -2.16. The summed E-state index contributed by atoms with van der Waals surface area (Å²) in [7, 11) is 0. The quantitative estimate of drug-likeness (QED) is 0.873. The first-order valence-electron chi connectivity index (χ1n) is 7.99. The molecule has 0 N–H and O–H groups in total. The Labute approximate surface area is 136 Å². The van der Waals surface area contributed by atoms with Crippen molar-refractivity contribution >= 4 is 5.71 Å². The van der Waals surface area contributed by atoms with Crippen molar-refractivity contribution < 1.29 is 4.84 Å². The average Bonchev–Trinajstić information content (AvgIpc) is 3.09. The maximum Gasteiger partial charge on any atom is 0.149 e. The Hall–Kier alpha value is -2.27. The number of nitrogens with zero attached hydrogens (tertiary/aromatic N) is 4. The third-order valence-electron chi connectivity index (χ3n) is 4.53. The van der Waals surface area contributed by atoms with E-state index in [4.69, 9.17) is 4.84 Å². The molecule has 2 aromatic rings. The molecule has 118 valence electrons. The number of hydrogen-bond donors (Lipinski definition) is 0. The van der Waals surface area contributed by atoms with E-state index in [1.54, 1.807) is 0 Å². The van der Waals surface area contributed by atoms with Crippen LogP contribution in [-0.4, -0.2) is 39.8 Å². The summed E-state index contributed by atoms with van der Waals surface area (Å²) in [4.78, 5) is 16.6. The van der Waals surface area contributed by atoms with Crippen molar-refractivity contribution in [3.05, 3.63) is 59.2 Å². The van der Waals surface area contributed by atoms with E-state index in [9.17, 15) is 0 Å². The summed E-state index contributed by atoms with van der Waals surface area (Å²) in [6.07, 6.45) is 3.98. The zero-order valence-electron chi connectivity index (χ0n) is 13.4. The fraction of sp³-hybridized carbons (Fsp3) is 0.389. The van der Waals surface area contributed by atoms with Crippen LogP contribution in [0.15, 0.2) is 41.8 Å². The molecule has 0 unspecified atom stereocenters. The number of aromatic nitrogens is 2. The van der Waals surface area contributed by atoms with Crippen LogP contribution in [0.4, 0.5) is 0 Å². The largest absolute Gasteiger partial charge is 0.390 e. The molecule has 3 heterocycles. The van der Waals surface area contributed by atoms with E-state index in [1.807, 2.05) is 19.3 Å². The van der Waals surface area contributed by atoms with Gasteiger partial charge in [-0.15, -0.1) is 0 Å². The molecule has 5 nitrogen and oxygen atoms in total. The number of rotatable bonds is 3. The topological polar surface area (TPSA) is 50.6 Å². The number of oxime groups is 1. The third kappa shape index (κ3) is 2.84. The molecule has 0 spiro atoms. The summed E-state index contributed by atoms with van der Waals surface area (Å²) < 4.78 is 0. The molecule has 0 aliphatic carbocycles. The molecule has 1 aromatic heterocycles. The minimum absolute atomic E-state index is 0.164. The molecule has 0 saturated carbocycles. The van der Waals surface area contributed by atoms with Gasteiger partial charge < -0.3 is 4.84 Å². The zero-order chi connectivity index (χ0) is 15.8. The molecule has 23 heavy (non-hydrogen) atoms. The van der Waals surface area contributed by atoms with Gasteiger partial charge in [-0.1, -0.05) is 35.0 Å². The van der Waals surface area contributed by atoms with Gasteiger partial charge in [0.2, 0.25) is 0 Å². The maximum atomic E-state index is 5.69. The molecular weight excluding hydrogens is 288 g/mol. The number of fused-ring (bicyclic) bond motifs is 1. The average molecular weight is 308 g/mol. The van der Waals surface area contributed by atoms with Gasteiger partial charge in [0.1, 0.15) is 11.9 Å². The summed E-state index contributed by atoms with van der Waals surface area (Å²) in [5.74, 6) is 1.16. The molecule has 0 radical (unpaired) electrons. The van der Waals surface area contributed by atoms with Crippen LogP contribution in [0.3, 0.4) is 0 Å². The van der Waals surface area contributed by atoms with Crippen LogP contribution in [-0.2, 0) is 11.4 Å². The van der Waals surface area contributed by atoms with Crippen LogP contribution in [0.1, 0.15) is 22.5 Å². The van der Waals surface area contributed by atoms with Gasteiger partial charge in [-0.05, 0) is 13.8 Å². The highest BCUT2D eigenvalue weighted by atomic mass is 16.6. The van der Waals surface area contributed by atoms with Gasteiger partial charge in [0.05, 0.1) is 11.6 Å². The first-order chi connectivity index (χ1) is 11.2. The highest BCUT2D eigenvalue weighted by molar-refractivity contribution is 6.03. The molecule has 2 aliphatic heterocycles. The van der Waals surface area contributed by atoms with Crippen molar-refractivity contribution in [3.8, 4) is 0 Å². The van der Waals surface area contributed by atoms with Gasteiger partial charge >= 0.3 is 0 Å². The Morgan fingerprint density at radius 2 is 2.00 bits per heavy atom. The van der Waals surface area contributed by atoms with E-state index >= 15 is 0 Å². The normalized spacial score (nSPS) is 23.5. The van der Waals surface area contributed by atoms with Gasteiger partial charge in [0, 0.05) is 43.2 Å². The Kier molecular flexibility index (Phi) is 3.58. The van der Waals surface area contributed by atoms with Crippen LogP contribution in [0, 0.1) is 19.8 Å². The maximum absolute atomic E-state index is 5.69. The second-order valence-electron chi connectivity index (χ2n) is 6.43. The molecule has 2 atom stereocenters. The molecule has 5 heteroatoms. The van der Waals surface area contributed by atoms with Crippen molar-refractivity contribution in [2.45, 2.75) is 26.5 Å². The minimum atomic E-state index is 0.164. The van der Waals surface area contributed by atoms with Crippen molar-refractivity contribution in [3.63, 3.8) is 0 Å². The summed E-state index contributed by atoms with van der Waals surface area (Å²) in [5, 5.41) is 4.35. The van der Waals surface area contributed by atoms with Crippen molar-refractivity contribution in [1.29, 1.82) is 0 Å². The van der Waals surface area contributed by atoms with Gasteiger partial charge in [-0.3, -0.25) is 4.90 Å². The van der Waals surface area contributed by atoms with E-state index in [2.05, 4.69) is 51.2 Å². The van der Waals surface area contributed by atoms with Crippen LogP contribution in [0.2, 0.25) is 0 Å². The van der Waals surface area contributed by atoms with Crippen molar-refractivity contribution in [2.24, 2.45) is 11.1 Å². The zero-order valence-corrected chi connectivity index (χ0v) is 13.4. The van der Waals surface area contributed by atoms with E-state index in [-0.39, 0.29) is 6.10 Å². The molecule has 1 fully saturated rings. The molecule has 1 saturated heterocycles. The highest BCUT2D eigenvalue weighted by Gasteiger charge is 2.42. The predicted molar refractivity (Wildman–Crippen MR) is 88.1 cm³/mol. The highest BCUT2D eigenvalue weighted by Crippen LogP contribution is 2.31. The van der Waals surface area contributed by atoms with Crippen LogP contribution < -0.4 is 0 Å². The molecule has 0 bridgehead atoms. The lowest BCUT2D eigenvalue weighted by molar-refractivity contribution is 0.0745. The standard InChI is InChI=1S/C18H20N4O/c1-12-4-3-5-15(6-12)18-16-10-22(11-17(16)23-21-18)9-14-7-19-13(2)20-8-14/h3-8,16-17H,9-11H2,1-2H3/t16-,17-/m1/s1. The summed E-state index contributed by atoms with van der Waals surface area (Å²) in [5.41, 5.74) is 4.66. The first-order valence-corrected chi connectivity index (χ1v) is 7.99. The van der Waals surface area contributed by atoms with E-state index in [0.29, 0.717) is 5.92 Å². The van der Waals surface area contributed by atoms with Gasteiger partial charge in [-0.25, -0.2) is 9.97 Å². The second kappa shape index (κ2) is 5.74. The molecule has 1 aromatic carbocycles. The summed E-state index contributed by atoms with van der Waals surface area (Å²) >= 11 is 0. The number of aryl methyl sites for hydroxylation is 2. The van der Waals surface area contributed by atoms with Crippen molar-refractivity contribution in [2.75, 3.05) is 13.1 Å². The molecule has 2 aliphatic rings. The van der Waals surface area contributed by atoms with Gasteiger partial charge in [-0.2, -0.15) is 0 Å². The monoisotopic (exact) mass is 308 g/mol. The lowest BCUT2D eigenvalue weighted by atomic mass is 9.94. The Bertz CT molecular complexity index is 741. The van der Waals surface area contributed by atoms with E-state index in [0.717, 1.165) is 36.7 Å². The van der Waals surface area contributed by atoms with Gasteiger partial charge in [0.15, 0.2) is 0 Å². The predicted octanol–water partition coefficient (Wildman–Crippen LogP) is 2.33. The van der Waals surface area contributed by atoms with Crippen LogP contribution in [0.25, 0.3) is 0 Å². The molecular formula is C18H20N4O. The number of likely N-dealkylation sites (tertiary alicyclic amines) is 1. The first kappa shape index (κ1) is 14.3. The number of hydrogen-bond acceptors (Lipinski definition) is 5. The molecule has 4 rings (SSSR count). The minimum Gasteiger partial charge on any atom is -0.390 e. The van der Waals surface area contributed by atoms with Crippen LogP contribution >= 0.6 is 0 Å². The smallest absolute Gasteiger partial charge is 0.149 e. The second-order valence-corrected chi connectivity index (χ2v) is 6.43. The summed E-state index contributed by atoms with van der Waals surface area (Å²) in [6, 6.07) is 8.49. The lowest BCUT2D eigenvalue weighted by Crippen LogP contribution is -2.23. The third-order valence-corrected chi connectivity index (χ3v) is 4.53. The summed E-state index contributed by atoms with van der Waals surface area (Å²) in [6.45, 7) is 6.73. The molecule has 0 amide bonds. The van der Waals surface area contributed by atoms with Gasteiger partial charge in [0.25, 0.3) is 0 Å². The van der Waals surface area contributed by atoms with E-state index < -0.39 is 0 Å². The number of benzene rings is 1. The van der Waals surface area contributed by atoms with Crippen molar-refractivity contribution in [1.82, 2.24) is 14.9 Å². The fourth-order valence-corrected chi connectivity index (χ4v) is 3.37. The SMILES string of the molecule is Cc1cccc(C2=NO[C@@H]3CN(Cc4cnc(C)nc4)C[C@@H]23)c1. The Morgan fingerprint density at radius 3 is 2.78 bits per heavy atom. The fourth-order valence-electron chi connectivity index (χ4n) is 3.37. The Morgan fingerprint density at radius 1 is 1.17 bits per heavy atom. The Balaban J connectivity index is 1.47.